The second-order valence-corrected chi connectivity index (χ2v) is 7.13. The molecule has 126 valence electrons. The van der Waals surface area contributed by atoms with Gasteiger partial charge < -0.3 is 10.1 Å². The number of carbonyl (C=O) groups is 1. The number of nitrogens with zero attached hydrogens (tertiary/aromatic N) is 1. The number of hydrogen-bond acceptors (Lipinski definition) is 4. The summed E-state index contributed by atoms with van der Waals surface area (Å²) < 4.78 is 5.86. The number of carbonyl (C=O) groups excluding carboxylic acids is 1. The molecule has 0 saturated heterocycles. The van der Waals surface area contributed by atoms with E-state index in [1.54, 1.807) is 11.3 Å². The van der Waals surface area contributed by atoms with Crippen LogP contribution in [-0.2, 0) is 13.0 Å². The second kappa shape index (κ2) is 6.86. The SMILES string of the molecule is O=C1NCCc2cc(OCc3nc(-c4cccc(Cl)c4)cs3)ccc21. The highest BCUT2D eigenvalue weighted by Gasteiger charge is 2.17. The molecule has 1 aromatic heterocycles. The number of nitrogens with one attached hydrogen (secondary N) is 1. The summed E-state index contributed by atoms with van der Waals surface area (Å²) >= 11 is 7.59. The van der Waals surface area contributed by atoms with Crippen molar-refractivity contribution in [2.45, 2.75) is 13.0 Å². The summed E-state index contributed by atoms with van der Waals surface area (Å²) in [4.78, 5) is 16.4. The lowest BCUT2D eigenvalue weighted by molar-refractivity contribution is 0.0946. The van der Waals surface area contributed by atoms with Crippen LogP contribution in [0.3, 0.4) is 0 Å². The van der Waals surface area contributed by atoms with E-state index in [1.165, 1.54) is 0 Å². The summed E-state index contributed by atoms with van der Waals surface area (Å²) in [5.41, 5.74) is 3.65. The van der Waals surface area contributed by atoms with E-state index >= 15 is 0 Å². The number of thiazole rings is 1. The number of aromatic nitrogens is 1. The van der Waals surface area contributed by atoms with E-state index in [9.17, 15) is 4.79 Å². The zero-order chi connectivity index (χ0) is 17.2. The fourth-order valence-electron chi connectivity index (χ4n) is 2.80. The second-order valence-electron chi connectivity index (χ2n) is 5.75. The Labute approximate surface area is 154 Å². The van der Waals surface area contributed by atoms with Crippen molar-refractivity contribution in [2.75, 3.05) is 6.54 Å². The van der Waals surface area contributed by atoms with Crippen molar-refractivity contribution in [1.29, 1.82) is 0 Å². The minimum atomic E-state index is -0.0149. The maximum absolute atomic E-state index is 11.8. The minimum Gasteiger partial charge on any atom is -0.486 e. The van der Waals surface area contributed by atoms with Crippen LogP contribution in [0.15, 0.2) is 47.8 Å². The van der Waals surface area contributed by atoms with Gasteiger partial charge in [-0.3, -0.25) is 4.79 Å². The summed E-state index contributed by atoms with van der Waals surface area (Å²) in [5.74, 6) is 0.742. The first-order valence-corrected chi connectivity index (χ1v) is 9.19. The number of fused-ring (bicyclic) bond motifs is 1. The van der Waals surface area contributed by atoms with Crippen molar-refractivity contribution in [3.63, 3.8) is 0 Å². The molecule has 2 aromatic carbocycles. The molecule has 0 fully saturated rings. The topological polar surface area (TPSA) is 51.2 Å². The molecule has 0 spiro atoms. The Kier molecular flexibility index (Phi) is 4.42. The molecule has 0 atom stereocenters. The van der Waals surface area contributed by atoms with Crippen LogP contribution >= 0.6 is 22.9 Å². The predicted molar refractivity (Wildman–Crippen MR) is 99.4 cm³/mol. The summed E-state index contributed by atoms with van der Waals surface area (Å²) in [6.45, 7) is 1.07. The van der Waals surface area contributed by atoms with Crippen molar-refractivity contribution in [1.82, 2.24) is 10.3 Å². The molecule has 4 nitrogen and oxygen atoms in total. The third-order valence-electron chi connectivity index (χ3n) is 4.04. The standard InChI is InChI=1S/C19H15ClN2O2S/c20-14-3-1-2-13(8-14)17-11-25-18(22-17)10-24-15-4-5-16-12(9-15)6-7-21-19(16)23/h1-5,8-9,11H,6-7,10H2,(H,21,23). The minimum absolute atomic E-state index is 0.0149. The first-order valence-electron chi connectivity index (χ1n) is 7.93. The maximum Gasteiger partial charge on any atom is 0.251 e. The van der Waals surface area contributed by atoms with Gasteiger partial charge >= 0.3 is 0 Å². The molecule has 1 N–H and O–H groups in total. The first kappa shape index (κ1) is 16.1. The smallest absolute Gasteiger partial charge is 0.251 e. The molecular weight excluding hydrogens is 356 g/mol. The molecule has 0 bridgehead atoms. The fourth-order valence-corrected chi connectivity index (χ4v) is 3.70. The van der Waals surface area contributed by atoms with Crippen LogP contribution in [0, 0.1) is 0 Å². The van der Waals surface area contributed by atoms with Gasteiger partial charge in [-0.25, -0.2) is 4.98 Å². The van der Waals surface area contributed by atoms with Gasteiger partial charge in [-0.1, -0.05) is 23.7 Å². The normalized spacial score (nSPS) is 13.2. The number of ether oxygens (including phenoxy) is 1. The highest BCUT2D eigenvalue weighted by Crippen LogP contribution is 2.26. The van der Waals surface area contributed by atoms with E-state index in [0.717, 1.165) is 39.6 Å². The lowest BCUT2D eigenvalue weighted by Crippen LogP contribution is -2.31. The highest BCUT2D eigenvalue weighted by molar-refractivity contribution is 7.09. The molecule has 0 saturated carbocycles. The van der Waals surface area contributed by atoms with Crippen LogP contribution in [0.2, 0.25) is 5.02 Å². The third kappa shape index (κ3) is 3.52. The molecule has 2 heterocycles. The Bertz CT molecular complexity index is 939. The van der Waals surface area contributed by atoms with Gasteiger partial charge in [0.2, 0.25) is 0 Å². The quantitative estimate of drug-likeness (QED) is 0.743. The lowest BCUT2D eigenvalue weighted by Gasteiger charge is -2.17. The third-order valence-corrected chi connectivity index (χ3v) is 5.09. The number of halogens is 1. The average molecular weight is 371 g/mol. The van der Waals surface area contributed by atoms with E-state index in [4.69, 9.17) is 16.3 Å². The summed E-state index contributed by atoms with van der Waals surface area (Å²) in [5, 5.41) is 6.43. The summed E-state index contributed by atoms with van der Waals surface area (Å²) in [6.07, 6.45) is 0.828. The van der Waals surface area contributed by atoms with Gasteiger partial charge in [0.1, 0.15) is 17.4 Å². The summed E-state index contributed by atoms with van der Waals surface area (Å²) in [6, 6.07) is 13.2. The zero-order valence-electron chi connectivity index (χ0n) is 13.3. The predicted octanol–water partition coefficient (Wildman–Crippen LogP) is 4.33. The average Bonchev–Trinajstić information content (AvgIpc) is 3.09. The van der Waals surface area contributed by atoms with Crippen molar-refractivity contribution < 1.29 is 9.53 Å². The molecule has 4 rings (SSSR count). The number of rotatable bonds is 4. The first-order chi connectivity index (χ1) is 12.2. The molecule has 3 aromatic rings. The maximum atomic E-state index is 11.8. The monoisotopic (exact) mass is 370 g/mol. The number of hydrogen-bond donors (Lipinski definition) is 1. The Morgan fingerprint density at radius 1 is 1.24 bits per heavy atom. The zero-order valence-corrected chi connectivity index (χ0v) is 14.9. The van der Waals surface area contributed by atoms with E-state index < -0.39 is 0 Å². The Hall–Kier alpha value is -2.37. The largest absolute Gasteiger partial charge is 0.486 e. The molecule has 0 unspecified atom stereocenters. The van der Waals surface area contributed by atoms with E-state index in [1.807, 2.05) is 47.8 Å². The van der Waals surface area contributed by atoms with Crippen LogP contribution < -0.4 is 10.1 Å². The Morgan fingerprint density at radius 3 is 3.04 bits per heavy atom. The molecule has 0 radical (unpaired) electrons. The van der Waals surface area contributed by atoms with Gasteiger partial charge in [-0.2, -0.15) is 0 Å². The molecule has 0 aliphatic carbocycles. The Morgan fingerprint density at radius 2 is 2.16 bits per heavy atom. The molecule has 1 aliphatic rings. The number of benzene rings is 2. The van der Waals surface area contributed by atoms with Gasteiger partial charge in [0, 0.05) is 28.1 Å². The van der Waals surface area contributed by atoms with Crippen LogP contribution in [0.4, 0.5) is 0 Å². The van der Waals surface area contributed by atoms with Crippen molar-refractivity contribution >= 4 is 28.8 Å². The van der Waals surface area contributed by atoms with E-state index in [0.29, 0.717) is 18.2 Å². The molecular formula is C19H15ClN2O2S. The van der Waals surface area contributed by atoms with Crippen LogP contribution in [-0.4, -0.2) is 17.4 Å². The van der Waals surface area contributed by atoms with E-state index in [2.05, 4.69) is 10.3 Å². The fraction of sp³-hybridized carbons (Fsp3) is 0.158. The molecule has 25 heavy (non-hydrogen) atoms. The Balaban J connectivity index is 1.46. The van der Waals surface area contributed by atoms with Gasteiger partial charge in [-0.05, 0) is 42.3 Å². The van der Waals surface area contributed by atoms with Gasteiger partial charge in [0.15, 0.2) is 0 Å². The van der Waals surface area contributed by atoms with Crippen molar-refractivity contribution in [2.24, 2.45) is 0 Å². The van der Waals surface area contributed by atoms with Crippen molar-refractivity contribution in [3.8, 4) is 17.0 Å². The summed E-state index contributed by atoms with van der Waals surface area (Å²) in [7, 11) is 0. The lowest BCUT2D eigenvalue weighted by atomic mass is 10.0. The molecule has 1 aliphatic heterocycles. The van der Waals surface area contributed by atoms with Crippen LogP contribution in [0.5, 0.6) is 5.75 Å². The van der Waals surface area contributed by atoms with Crippen molar-refractivity contribution in [3.05, 3.63) is 69.0 Å². The molecule has 6 heteroatoms. The van der Waals surface area contributed by atoms with Gasteiger partial charge in [0.05, 0.1) is 5.69 Å². The van der Waals surface area contributed by atoms with Gasteiger partial charge in [0.25, 0.3) is 5.91 Å². The van der Waals surface area contributed by atoms with Crippen LogP contribution in [0.1, 0.15) is 20.9 Å². The number of amides is 1. The highest BCUT2D eigenvalue weighted by atomic mass is 35.5. The molecule has 1 amide bonds. The van der Waals surface area contributed by atoms with Crippen LogP contribution in [0.25, 0.3) is 11.3 Å². The van der Waals surface area contributed by atoms with Gasteiger partial charge in [-0.15, -0.1) is 11.3 Å². The van der Waals surface area contributed by atoms with E-state index in [-0.39, 0.29) is 5.91 Å².